The summed E-state index contributed by atoms with van der Waals surface area (Å²) in [5, 5.41) is 7.13. The van der Waals surface area contributed by atoms with Crippen LogP contribution < -0.4 is 21.9 Å². The molecule has 1 aliphatic heterocycles. The molecule has 3 N–H and O–H groups in total. The number of hydrogen-bond donors (Lipinski definition) is 3. The molecule has 4 heterocycles. The van der Waals surface area contributed by atoms with Crippen LogP contribution in [0.5, 0.6) is 0 Å². The number of nitrogens with one attached hydrogen (secondary N) is 3. The van der Waals surface area contributed by atoms with E-state index in [1.165, 1.54) is 9.13 Å². The molecule has 0 aliphatic carbocycles. The number of imidazole rings is 1. The average Bonchev–Trinajstić information content (AvgIpc) is 3.32. The maximum absolute atomic E-state index is 13.3. The maximum Gasteiger partial charge on any atom is 0.332 e. The zero-order valence-corrected chi connectivity index (χ0v) is 17.3. The number of hydrogen-bond acceptors (Lipinski definition) is 5. The molecule has 4 aromatic rings. The molecule has 1 aromatic carbocycles. The van der Waals surface area contributed by atoms with Gasteiger partial charge in [0.15, 0.2) is 11.2 Å². The lowest BCUT2D eigenvalue weighted by atomic mass is 10.1. The Kier molecular flexibility index (Phi) is 4.42. The minimum Gasteiger partial charge on any atom is -0.357 e. The van der Waals surface area contributed by atoms with Gasteiger partial charge in [-0.15, -0.1) is 0 Å². The molecular weight excluding hydrogens is 398 g/mol. The van der Waals surface area contributed by atoms with Gasteiger partial charge in [0.05, 0.1) is 6.54 Å². The first kappa shape index (κ1) is 19.2. The minimum absolute atomic E-state index is 0.0128. The molecule has 10 nitrogen and oxygen atoms in total. The molecule has 31 heavy (non-hydrogen) atoms. The van der Waals surface area contributed by atoms with Gasteiger partial charge in [-0.25, -0.2) is 4.79 Å². The second-order valence-corrected chi connectivity index (χ2v) is 7.97. The van der Waals surface area contributed by atoms with Gasteiger partial charge in [0.25, 0.3) is 5.56 Å². The Morgan fingerprint density at radius 2 is 1.97 bits per heavy atom. The zero-order valence-electron chi connectivity index (χ0n) is 17.3. The standard InChI is InChI=1S/C21H23N7O3/c1-26-17-18(25-20(26)24-13-7-8-16(29)22-10-13)27(2)21(31)28(19(17)30)11-14-9-12-5-3-4-6-15(12)23-14/h3-6,9,13,23H,7-8,10-11H2,1-2H3,(H,22,29)(H,24,25)/t13-/m1/s1. The molecule has 1 saturated heterocycles. The van der Waals surface area contributed by atoms with Crippen LogP contribution >= 0.6 is 0 Å². The molecule has 0 spiro atoms. The van der Waals surface area contributed by atoms with E-state index < -0.39 is 11.2 Å². The lowest BCUT2D eigenvalue weighted by molar-refractivity contribution is -0.122. The first-order chi connectivity index (χ1) is 14.9. The van der Waals surface area contributed by atoms with E-state index in [1.54, 1.807) is 18.7 Å². The summed E-state index contributed by atoms with van der Waals surface area (Å²) in [4.78, 5) is 45.4. The first-order valence-corrected chi connectivity index (χ1v) is 10.2. The van der Waals surface area contributed by atoms with Crippen LogP contribution in [0, 0.1) is 0 Å². The molecule has 1 amide bonds. The van der Waals surface area contributed by atoms with Gasteiger partial charge in [-0.2, -0.15) is 4.98 Å². The number of aromatic amines is 1. The van der Waals surface area contributed by atoms with E-state index >= 15 is 0 Å². The van der Waals surface area contributed by atoms with Crippen molar-refractivity contribution in [1.82, 2.24) is 29.0 Å². The van der Waals surface area contributed by atoms with Gasteiger partial charge in [-0.3, -0.25) is 18.7 Å². The number of aryl methyl sites for hydroxylation is 2. The van der Waals surface area contributed by atoms with E-state index in [-0.39, 0.29) is 18.5 Å². The average molecular weight is 421 g/mol. The van der Waals surface area contributed by atoms with Crippen molar-refractivity contribution >= 4 is 33.9 Å². The summed E-state index contributed by atoms with van der Waals surface area (Å²) in [6.07, 6.45) is 1.12. The summed E-state index contributed by atoms with van der Waals surface area (Å²) in [5.41, 5.74) is 1.59. The highest BCUT2D eigenvalue weighted by molar-refractivity contribution is 5.80. The van der Waals surface area contributed by atoms with Crippen LogP contribution in [-0.2, 0) is 25.4 Å². The SMILES string of the molecule is Cn1c(N[C@@H]2CCC(=O)NC2)nc2c1c(=O)n(Cc1cc3ccccc3[nH]1)c(=O)n2C. The Balaban J connectivity index is 1.55. The van der Waals surface area contributed by atoms with Crippen molar-refractivity contribution in [1.29, 1.82) is 0 Å². The Hall–Kier alpha value is -3.82. The fraction of sp³-hybridized carbons (Fsp3) is 0.333. The smallest absolute Gasteiger partial charge is 0.332 e. The number of benzene rings is 1. The van der Waals surface area contributed by atoms with Crippen LogP contribution in [0.25, 0.3) is 22.1 Å². The van der Waals surface area contributed by atoms with Crippen molar-refractivity contribution < 1.29 is 4.79 Å². The number of anilines is 1. The van der Waals surface area contributed by atoms with E-state index in [0.717, 1.165) is 16.6 Å². The number of nitrogens with zero attached hydrogens (tertiary/aromatic N) is 4. The van der Waals surface area contributed by atoms with E-state index in [0.29, 0.717) is 36.5 Å². The highest BCUT2D eigenvalue weighted by Crippen LogP contribution is 2.18. The van der Waals surface area contributed by atoms with E-state index in [4.69, 9.17) is 0 Å². The summed E-state index contributed by atoms with van der Waals surface area (Å²) in [6.45, 7) is 0.629. The Labute approximate surface area is 176 Å². The molecule has 1 aliphatic rings. The molecule has 10 heteroatoms. The highest BCUT2D eigenvalue weighted by atomic mass is 16.2. The summed E-state index contributed by atoms with van der Waals surface area (Å²) >= 11 is 0. The Morgan fingerprint density at radius 1 is 1.16 bits per heavy atom. The number of amides is 1. The van der Waals surface area contributed by atoms with Crippen LogP contribution in [0.15, 0.2) is 39.9 Å². The molecule has 1 fully saturated rings. The van der Waals surface area contributed by atoms with Gasteiger partial charge in [0.2, 0.25) is 11.9 Å². The van der Waals surface area contributed by atoms with Gasteiger partial charge in [0.1, 0.15) is 0 Å². The van der Waals surface area contributed by atoms with Crippen molar-refractivity contribution in [2.75, 3.05) is 11.9 Å². The van der Waals surface area contributed by atoms with Crippen molar-refractivity contribution in [3.05, 3.63) is 56.9 Å². The Bertz CT molecular complexity index is 1400. The number of carbonyl (C=O) groups excluding carboxylic acids is 1. The van der Waals surface area contributed by atoms with Crippen LogP contribution in [0.3, 0.4) is 0 Å². The molecule has 160 valence electrons. The summed E-state index contributed by atoms with van der Waals surface area (Å²) in [7, 11) is 3.36. The van der Waals surface area contributed by atoms with E-state index in [1.807, 2.05) is 30.3 Å². The summed E-state index contributed by atoms with van der Waals surface area (Å²) < 4.78 is 4.29. The number of aromatic nitrogens is 5. The summed E-state index contributed by atoms with van der Waals surface area (Å²) in [5.74, 6) is 0.525. The van der Waals surface area contributed by atoms with Gasteiger partial charge in [0, 0.05) is 44.3 Å². The lowest BCUT2D eigenvalue weighted by Gasteiger charge is -2.23. The third kappa shape index (κ3) is 3.20. The topological polar surface area (TPSA) is 119 Å². The maximum atomic E-state index is 13.3. The fourth-order valence-electron chi connectivity index (χ4n) is 4.14. The second kappa shape index (κ2) is 7.15. The van der Waals surface area contributed by atoms with Crippen LogP contribution in [0.1, 0.15) is 18.5 Å². The zero-order chi connectivity index (χ0) is 21.7. The molecule has 0 unspecified atom stereocenters. The number of H-pyrrole nitrogens is 1. The van der Waals surface area contributed by atoms with Crippen LogP contribution in [0.2, 0.25) is 0 Å². The quantitative estimate of drug-likeness (QED) is 0.447. The van der Waals surface area contributed by atoms with E-state index in [2.05, 4.69) is 20.6 Å². The predicted molar refractivity (Wildman–Crippen MR) is 117 cm³/mol. The Morgan fingerprint density at radius 3 is 2.71 bits per heavy atom. The van der Waals surface area contributed by atoms with Crippen molar-refractivity contribution in [3.63, 3.8) is 0 Å². The minimum atomic E-state index is -0.425. The largest absolute Gasteiger partial charge is 0.357 e. The number of carbonyl (C=O) groups is 1. The molecular formula is C21H23N7O3. The van der Waals surface area contributed by atoms with Crippen molar-refractivity contribution in [3.8, 4) is 0 Å². The van der Waals surface area contributed by atoms with Gasteiger partial charge < -0.3 is 20.2 Å². The van der Waals surface area contributed by atoms with E-state index in [9.17, 15) is 14.4 Å². The molecule has 5 rings (SSSR count). The molecule has 0 radical (unpaired) electrons. The summed E-state index contributed by atoms with van der Waals surface area (Å²) in [6, 6.07) is 9.76. The van der Waals surface area contributed by atoms with Gasteiger partial charge in [-0.05, 0) is 23.9 Å². The van der Waals surface area contributed by atoms with Gasteiger partial charge in [-0.1, -0.05) is 18.2 Å². The first-order valence-electron chi connectivity index (χ1n) is 10.2. The van der Waals surface area contributed by atoms with Gasteiger partial charge >= 0.3 is 5.69 Å². The van der Waals surface area contributed by atoms with Crippen LogP contribution in [-0.4, -0.2) is 42.2 Å². The third-order valence-electron chi connectivity index (χ3n) is 5.87. The second-order valence-electron chi connectivity index (χ2n) is 7.97. The number of piperidine rings is 1. The number of rotatable bonds is 4. The molecule has 1 atom stereocenters. The number of fused-ring (bicyclic) bond motifs is 2. The molecule has 0 bridgehead atoms. The predicted octanol–water partition coefficient (Wildman–Crippen LogP) is 0.654. The monoisotopic (exact) mass is 421 g/mol. The normalized spacial score (nSPS) is 16.7. The molecule has 3 aromatic heterocycles. The highest BCUT2D eigenvalue weighted by Gasteiger charge is 2.23. The lowest BCUT2D eigenvalue weighted by Crippen LogP contribution is -2.42. The van der Waals surface area contributed by atoms with Crippen LogP contribution in [0.4, 0.5) is 5.95 Å². The third-order valence-corrected chi connectivity index (χ3v) is 5.87. The molecule has 0 saturated carbocycles. The van der Waals surface area contributed by atoms with Crippen molar-refractivity contribution in [2.24, 2.45) is 14.1 Å². The van der Waals surface area contributed by atoms with Crippen molar-refractivity contribution in [2.45, 2.75) is 25.4 Å². The number of para-hydroxylation sites is 1. The fourth-order valence-corrected chi connectivity index (χ4v) is 4.14.